The summed E-state index contributed by atoms with van der Waals surface area (Å²) in [7, 11) is 0. The van der Waals surface area contributed by atoms with Crippen LogP contribution in [0.25, 0.3) is 0 Å². The molecule has 1 saturated heterocycles. The molecule has 0 saturated carbocycles. The number of carbonyl (C=O) groups excluding carboxylic acids is 2. The van der Waals surface area contributed by atoms with Crippen molar-refractivity contribution in [2.45, 2.75) is 26.0 Å². The third-order valence-corrected chi connectivity index (χ3v) is 3.07. The number of hydrogen-bond acceptors (Lipinski definition) is 4. The summed E-state index contributed by atoms with van der Waals surface area (Å²) in [5, 5.41) is 11.4. The summed E-state index contributed by atoms with van der Waals surface area (Å²) in [5.41, 5.74) is 1.08. The van der Waals surface area contributed by atoms with E-state index in [2.05, 4.69) is 21.3 Å². The van der Waals surface area contributed by atoms with Gasteiger partial charge in [0.1, 0.15) is 6.10 Å². The van der Waals surface area contributed by atoms with E-state index in [0.29, 0.717) is 24.5 Å². The first-order chi connectivity index (χ1) is 10.6. The van der Waals surface area contributed by atoms with Crippen molar-refractivity contribution >= 4 is 35.7 Å². The zero-order chi connectivity index (χ0) is 15.9. The molecule has 1 aliphatic rings. The minimum Gasteiger partial charge on any atom is -0.366 e. The molecule has 8 heteroatoms. The summed E-state index contributed by atoms with van der Waals surface area (Å²) in [6.45, 7) is 5.49. The fourth-order valence-corrected chi connectivity index (χ4v) is 2.07. The highest BCUT2D eigenvalue weighted by Crippen LogP contribution is 2.21. The predicted octanol–water partition coefficient (Wildman–Crippen LogP) is 1.57. The van der Waals surface area contributed by atoms with E-state index in [9.17, 15) is 9.59 Å². The molecule has 7 nitrogen and oxygen atoms in total. The van der Waals surface area contributed by atoms with Gasteiger partial charge in [-0.1, -0.05) is 12.1 Å². The molecule has 0 spiro atoms. The largest absolute Gasteiger partial charge is 0.366 e. The van der Waals surface area contributed by atoms with Gasteiger partial charge in [0.25, 0.3) is 5.91 Å². The molecule has 0 bridgehead atoms. The van der Waals surface area contributed by atoms with Gasteiger partial charge in [-0.2, -0.15) is 0 Å². The van der Waals surface area contributed by atoms with Crippen LogP contribution in [0, 0.1) is 0 Å². The molecule has 1 heterocycles. The standard InChI is InChI=1S/C15H22N4O3.ClH/c1-10(2)17-15(21)19-12-6-4-3-5-11(12)18-14(20)13-9-16-7-8-22-13;/h3-6,10,13,16H,7-9H2,1-2H3,(H,18,20)(H2,17,19,21);1H. The lowest BCUT2D eigenvalue weighted by Crippen LogP contribution is -2.45. The van der Waals surface area contributed by atoms with Crippen LogP contribution >= 0.6 is 12.4 Å². The number of ether oxygens (including phenoxy) is 1. The van der Waals surface area contributed by atoms with Crippen LogP contribution in [0.1, 0.15) is 13.8 Å². The van der Waals surface area contributed by atoms with Gasteiger partial charge >= 0.3 is 6.03 Å². The zero-order valence-electron chi connectivity index (χ0n) is 13.2. The molecule has 2 rings (SSSR count). The Kier molecular flexibility index (Phi) is 7.80. The van der Waals surface area contributed by atoms with E-state index < -0.39 is 6.10 Å². The van der Waals surface area contributed by atoms with Crippen molar-refractivity contribution in [3.63, 3.8) is 0 Å². The van der Waals surface area contributed by atoms with Gasteiger partial charge in [-0.15, -0.1) is 12.4 Å². The number of amides is 3. The molecule has 3 amide bonds. The monoisotopic (exact) mass is 342 g/mol. The highest BCUT2D eigenvalue weighted by molar-refractivity contribution is 6.00. The molecule has 4 N–H and O–H groups in total. The van der Waals surface area contributed by atoms with Crippen LogP contribution in [-0.4, -0.2) is 43.8 Å². The molecule has 1 aromatic rings. The van der Waals surface area contributed by atoms with Crippen molar-refractivity contribution in [2.24, 2.45) is 0 Å². The Bertz CT molecular complexity index is 533. The maximum absolute atomic E-state index is 12.2. The second-order valence-corrected chi connectivity index (χ2v) is 5.35. The van der Waals surface area contributed by atoms with Crippen molar-refractivity contribution in [3.8, 4) is 0 Å². The average molecular weight is 343 g/mol. The Morgan fingerprint density at radius 1 is 1.22 bits per heavy atom. The third-order valence-electron chi connectivity index (χ3n) is 3.07. The first kappa shape index (κ1) is 19.2. The Morgan fingerprint density at radius 3 is 2.43 bits per heavy atom. The van der Waals surface area contributed by atoms with Crippen LogP contribution in [0.3, 0.4) is 0 Å². The molecule has 1 fully saturated rings. The van der Waals surface area contributed by atoms with Gasteiger partial charge in [0.15, 0.2) is 0 Å². The molecule has 0 radical (unpaired) electrons. The fraction of sp³-hybridized carbons (Fsp3) is 0.467. The number of anilines is 2. The Balaban J connectivity index is 0.00000264. The summed E-state index contributed by atoms with van der Waals surface area (Å²) >= 11 is 0. The first-order valence-electron chi connectivity index (χ1n) is 7.36. The molecule has 0 aliphatic carbocycles. The number of benzene rings is 1. The number of carbonyl (C=O) groups is 2. The molecular formula is C15H23ClN4O3. The Labute approximate surface area is 141 Å². The number of para-hydroxylation sites is 2. The van der Waals surface area contributed by atoms with Crippen molar-refractivity contribution in [2.75, 3.05) is 30.3 Å². The normalized spacial score (nSPS) is 17.1. The lowest BCUT2D eigenvalue weighted by molar-refractivity contribution is -0.128. The second-order valence-electron chi connectivity index (χ2n) is 5.35. The molecule has 1 atom stereocenters. The number of hydrogen-bond donors (Lipinski definition) is 4. The van der Waals surface area contributed by atoms with Gasteiger partial charge in [-0.3, -0.25) is 4.79 Å². The molecular weight excluding hydrogens is 320 g/mol. The number of morpholine rings is 1. The lowest BCUT2D eigenvalue weighted by atomic mass is 10.2. The van der Waals surface area contributed by atoms with Crippen molar-refractivity contribution in [1.29, 1.82) is 0 Å². The summed E-state index contributed by atoms with van der Waals surface area (Å²) in [6, 6.07) is 6.77. The molecule has 23 heavy (non-hydrogen) atoms. The molecule has 1 aliphatic heterocycles. The quantitative estimate of drug-likeness (QED) is 0.668. The number of nitrogens with one attached hydrogen (secondary N) is 4. The van der Waals surface area contributed by atoms with Crippen molar-refractivity contribution in [1.82, 2.24) is 10.6 Å². The molecule has 0 aromatic heterocycles. The van der Waals surface area contributed by atoms with Crippen molar-refractivity contribution < 1.29 is 14.3 Å². The number of halogens is 1. The summed E-state index contributed by atoms with van der Waals surface area (Å²) in [5.74, 6) is -0.231. The molecule has 128 valence electrons. The summed E-state index contributed by atoms with van der Waals surface area (Å²) in [6.07, 6.45) is -0.522. The summed E-state index contributed by atoms with van der Waals surface area (Å²) in [4.78, 5) is 24.0. The maximum Gasteiger partial charge on any atom is 0.319 e. The smallest absolute Gasteiger partial charge is 0.319 e. The van der Waals surface area contributed by atoms with Gasteiger partial charge in [0.05, 0.1) is 18.0 Å². The van der Waals surface area contributed by atoms with E-state index in [4.69, 9.17) is 4.74 Å². The third kappa shape index (κ3) is 6.05. The van der Waals surface area contributed by atoms with Gasteiger partial charge in [0.2, 0.25) is 0 Å². The van der Waals surface area contributed by atoms with Crippen LogP contribution in [0.4, 0.5) is 16.2 Å². The Hall–Kier alpha value is -1.83. The van der Waals surface area contributed by atoms with Crippen molar-refractivity contribution in [3.05, 3.63) is 24.3 Å². The molecule has 1 unspecified atom stereocenters. The molecule has 1 aromatic carbocycles. The van der Waals surface area contributed by atoms with Crippen LogP contribution < -0.4 is 21.3 Å². The number of rotatable bonds is 4. The Morgan fingerprint density at radius 2 is 1.87 bits per heavy atom. The topological polar surface area (TPSA) is 91.5 Å². The zero-order valence-corrected chi connectivity index (χ0v) is 14.0. The summed E-state index contributed by atoms with van der Waals surface area (Å²) < 4.78 is 5.41. The van der Waals surface area contributed by atoms with Crippen LogP contribution in [0.2, 0.25) is 0 Å². The average Bonchev–Trinajstić information content (AvgIpc) is 2.49. The van der Waals surface area contributed by atoms with E-state index in [0.717, 1.165) is 6.54 Å². The van der Waals surface area contributed by atoms with E-state index >= 15 is 0 Å². The van der Waals surface area contributed by atoms with Gasteiger partial charge in [0, 0.05) is 19.1 Å². The van der Waals surface area contributed by atoms with E-state index in [1.54, 1.807) is 24.3 Å². The number of urea groups is 1. The highest BCUT2D eigenvalue weighted by atomic mass is 35.5. The fourth-order valence-electron chi connectivity index (χ4n) is 2.07. The first-order valence-corrected chi connectivity index (χ1v) is 7.36. The predicted molar refractivity (Wildman–Crippen MR) is 92.2 cm³/mol. The van der Waals surface area contributed by atoms with Gasteiger partial charge in [-0.25, -0.2) is 4.79 Å². The van der Waals surface area contributed by atoms with E-state index in [1.165, 1.54) is 0 Å². The van der Waals surface area contributed by atoms with Crippen LogP contribution in [0.5, 0.6) is 0 Å². The lowest BCUT2D eigenvalue weighted by Gasteiger charge is -2.23. The SMILES string of the molecule is CC(C)NC(=O)Nc1ccccc1NC(=O)C1CNCCO1.Cl. The maximum atomic E-state index is 12.2. The van der Waals surface area contributed by atoms with E-state index in [1.807, 2.05) is 13.8 Å². The van der Waals surface area contributed by atoms with Gasteiger partial charge < -0.3 is 26.0 Å². The van der Waals surface area contributed by atoms with Gasteiger partial charge in [-0.05, 0) is 26.0 Å². The minimum atomic E-state index is -0.522. The highest BCUT2D eigenvalue weighted by Gasteiger charge is 2.22. The van der Waals surface area contributed by atoms with Crippen LogP contribution in [-0.2, 0) is 9.53 Å². The second kappa shape index (κ2) is 9.34. The van der Waals surface area contributed by atoms with E-state index in [-0.39, 0.29) is 30.4 Å². The minimum absolute atomic E-state index is 0. The van der Waals surface area contributed by atoms with Crippen LogP contribution in [0.15, 0.2) is 24.3 Å².